The van der Waals surface area contributed by atoms with Gasteiger partial charge in [0.15, 0.2) is 17.3 Å². The van der Waals surface area contributed by atoms with Crippen LogP contribution in [0.2, 0.25) is 5.02 Å². The van der Waals surface area contributed by atoms with Gasteiger partial charge in [0.05, 0.1) is 6.04 Å². The van der Waals surface area contributed by atoms with Crippen LogP contribution in [0.5, 0.6) is 11.5 Å². The second-order valence-electron chi connectivity index (χ2n) is 13.4. The third-order valence-electron chi connectivity index (χ3n) is 9.61. The molecule has 5 rings (SSSR count). The molecule has 52 heavy (non-hydrogen) atoms. The van der Waals surface area contributed by atoms with Gasteiger partial charge in [0.1, 0.15) is 17.5 Å². The van der Waals surface area contributed by atoms with Crippen molar-refractivity contribution in [1.29, 1.82) is 0 Å². The highest BCUT2D eigenvalue weighted by molar-refractivity contribution is 6.30. The van der Waals surface area contributed by atoms with E-state index in [2.05, 4.69) is 5.32 Å². The maximum absolute atomic E-state index is 14.3. The Bertz CT molecular complexity index is 1990. The molecule has 1 aliphatic rings. The molecule has 0 unspecified atom stereocenters. The van der Waals surface area contributed by atoms with Crippen LogP contribution in [0.15, 0.2) is 84.9 Å². The van der Waals surface area contributed by atoms with Crippen LogP contribution in [0.4, 0.5) is 0 Å². The van der Waals surface area contributed by atoms with Gasteiger partial charge in [-0.15, -0.1) is 0 Å². The summed E-state index contributed by atoms with van der Waals surface area (Å²) in [5, 5.41) is 25.2. The van der Waals surface area contributed by atoms with Crippen molar-refractivity contribution in [2.45, 2.75) is 51.6 Å². The number of nitrogens with one attached hydrogen (secondary N) is 1. The number of nitrogens with zero attached hydrogens (tertiary/aromatic N) is 1. The average Bonchev–Trinajstić information content (AvgIpc) is 3.12. The Morgan fingerprint density at radius 2 is 1.48 bits per heavy atom. The van der Waals surface area contributed by atoms with Crippen molar-refractivity contribution in [3.05, 3.63) is 107 Å². The van der Waals surface area contributed by atoms with E-state index in [0.29, 0.717) is 21.7 Å². The number of Topliss-reactive ketones (excluding diaryl/α,β-unsaturated/α-hetero) is 3. The number of phenolic OH excluding ortho intramolecular Hbond substituents is 2. The predicted molar refractivity (Wildman–Crippen MR) is 199 cm³/mol. The zero-order chi connectivity index (χ0) is 37.7. The molecule has 1 aliphatic heterocycles. The summed E-state index contributed by atoms with van der Waals surface area (Å²) in [6, 6.07) is 21.3. The molecule has 0 aliphatic carbocycles. The van der Waals surface area contributed by atoms with E-state index in [9.17, 15) is 34.2 Å². The highest BCUT2D eigenvalue weighted by Crippen LogP contribution is 2.39. The van der Waals surface area contributed by atoms with Gasteiger partial charge in [-0.2, -0.15) is 0 Å². The molecule has 11 heteroatoms. The Kier molecular flexibility index (Phi) is 11.9. The summed E-state index contributed by atoms with van der Waals surface area (Å²) in [5.74, 6) is -4.09. The van der Waals surface area contributed by atoms with Crippen molar-refractivity contribution in [3.63, 3.8) is 0 Å². The maximum Gasteiger partial charge on any atom is 0.226 e. The summed E-state index contributed by atoms with van der Waals surface area (Å²) in [6.07, 6.45) is -0.130. The Morgan fingerprint density at radius 1 is 0.885 bits per heavy atom. The largest absolute Gasteiger partial charge is 0.507 e. The van der Waals surface area contributed by atoms with Crippen LogP contribution >= 0.6 is 11.6 Å². The van der Waals surface area contributed by atoms with Crippen LogP contribution in [0.3, 0.4) is 0 Å². The van der Waals surface area contributed by atoms with Crippen molar-refractivity contribution >= 4 is 40.8 Å². The molecule has 4 aromatic rings. The number of likely N-dealkylation sites (N-methyl/N-ethyl adjacent to an activating group) is 1. The van der Waals surface area contributed by atoms with Crippen LogP contribution in [0.25, 0.3) is 22.3 Å². The number of amides is 2. The highest BCUT2D eigenvalue weighted by Gasteiger charge is 2.35. The van der Waals surface area contributed by atoms with Gasteiger partial charge >= 0.3 is 0 Å². The number of nitrogens with two attached hydrogens (primary N) is 1. The molecule has 0 aromatic heterocycles. The first-order chi connectivity index (χ1) is 24.8. The molecule has 2 amide bonds. The minimum atomic E-state index is -1.23. The molecule has 0 spiro atoms. The molecular weight excluding hydrogens is 682 g/mol. The first kappa shape index (κ1) is 37.9. The van der Waals surface area contributed by atoms with E-state index in [1.807, 2.05) is 24.3 Å². The number of hydrogen-bond donors (Lipinski definition) is 4. The van der Waals surface area contributed by atoms with E-state index >= 15 is 0 Å². The summed E-state index contributed by atoms with van der Waals surface area (Å²) in [6.45, 7) is 3.04. The zero-order valence-corrected chi connectivity index (χ0v) is 30.0. The molecule has 0 saturated heterocycles. The molecule has 0 fully saturated rings. The normalized spacial score (nSPS) is 18.1. The van der Waals surface area contributed by atoms with Crippen LogP contribution in [-0.4, -0.2) is 63.9 Å². The molecule has 4 atom stereocenters. The number of carbonyl (C=O) groups is 5. The van der Waals surface area contributed by atoms with Gasteiger partial charge in [0.25, 0.3) is 0 Å². The number of rotatable bonds is 9. The molecule has 4 bridgehead atoms. The van der Waals surface area contributed by atoms with E-state index in [1.165, 1.54) is 43.1 Å². The lowest BCUT2D eigenvalue weighted by Gasteiger charge is -2.32. The van der Waals surface area contributed by atoms with Crippen molar-refractivity contribution in [1.82, 2.24) is 10.2 Å². The third kappa shape index (κ3) is 8.58. The number of halogens is 1. The lowest BCUT2D eigenvalue weighted by atomic mass is 9.88. The fourth-order valence-electron chi connectivity index (χ4n) is 6.60. The number of hydrogen-bond acceptors (Lipinski definition) is 8. The van der Waals surface area contributed by atoms with Gasteiger partial charge < -0.3 is 26.2 Å². The molecule has 10 nitrogen and oxygen atoms in total. The lowest BCUT2D eigenvalue weighted by Crippen LogP contribution is -2.45. The summed E-state index contributed by atoms with van der Waals surface area (Å²) in [5.41, 5.74) is 9.57. The summed E-state index contributed by atoms with van der Waals surface area (Å²) >= 11 is 6.02. The number of phenols is 2. The van der Waals surface area contributed by atoms with Crippen molar-refractivity contribution in [2.24, 2.45) is 17.6 Å². The topological polar surface area (TPSA) is 167 Å². The Morgan fingerprint density at radius 3 is 2.10 bits per heavy atom. The predicted octanol–water partition coefficient (Wildman–Crippen LogP) is 6.05. The molecule has 5 N–H and O–H groups in total. The standard InChI is InChI=1S/C41H42ClN3O7/c1-23-18-38(50)39(29-11-15-36(48)33(21-29)32-19-25(4-14-35(32)47)20-34(24(2)46)44-40(23)51)45(3)41(52)30(16-17-43)22-37(49)28-7-5-26(6-8-28)27-9-12-31(42)13-10-27/h4-15,19,21,23,30,34,39,47-48H,16-18,20,22,43H2,1-3H3,(H,44,51)/t23-,30-,34+,39+/m1/s1. The minimum absolute atomic E-state index is 0.110. The van der Waals surface area contributed by atoms with Crippen LogP contribution in [0.1, 0.15) is 60.6 Å². The molecule has 270 valence electrons. The van der Waals surface area contributed by atoms with Crippen molar-refractivity contribution in [2.75, 3.05) is 13.6 Å². The number of carbonyl (C=O) groups excluding carboxylic acids is 5. The zero-order valence-electron chi connectivity index (χ0n) is 29.3. The van der Waals surface area contributed by atoms with Gasteiger partial charge in [-0.05, 0) is 85.0 Å². The summed E-state index contributed by atoms with van der Waals surface area (Å²) in [7, 11) is 1.46. The average molecular weight is 724 g/mol. The van der Waals surface area contributed by atoms with E-state index < -0.39 is 41.5 Å². The van der Waals surface area contributed by atoms with Crippen molar-refractivity contribution in [3.8, 4) is 33.8 Å². The van der Waals surface area contributed by atoms with E-state index in [4.69, 9.17) is 17.3 Å². The van der Waals surface area contributed by atoms with Crippen LogP contribution < -0.4 is 11.1 Å². The SMILES string of the molecule is CC(=O)[C@@H]1Cc2ccc(O)c(c2)-c2cc(ccc2O)[C@H](N(C)C(=O)[C@H](CCN)CC(=O)c2ccc(-c3ccc(Cl)cc3)cc2)C(=O)C[C@@H](C)C(=O)N1. The smallest absolute Gasteiger partial charge is 0.226 e. The highest BCUT2D eigenvalue weighted by atomic mass is 35.5. The van der Waals surface area contributed by atoms with Gasteiger partial charge in [-0.3, -0.25) is 24.0 Å². The fourth-order valence-corrected chi connectivity index (χ4v) is 6.73. The van der Waals surface area contributed by atoms with Gasteiger partial charge in [0, 0.05) is 53.4 Å². The molecule has 1 heterocycles. The second-order valence-corrected chi connectivity index (χ2v) is 13.8. The molecule has 0 radical (unpaired) electrons. The minimum Gasteiger partial charge on any atom is -0.507 e. The summed E-state index contributed by atoms with van der Waals surface area (Å²) in [4.78, 5) is 69.1. The van der Waals surface area contributed by atoms with Crippen LogP contribution in [-0.2, 0) is 25.6 Å². The Hall–Kier alpha value is -5.32. The van der Waals surface area contributed by atoms with E-state index in [-0.39, 0.29) is 66.4 Å². The van der Waals surface area contributed by atoms with Crippen LogP contribution in [0, 0.1) is 11.8 Å². The van der Waals surface area contributed by atoms with Crippen molar-refractivity contribution < 1.29 is 34.2 Å². The fraction of sp³-hybridized carbons (Fsp3) is 0.293. The molecule has 0 saturated carbocycles. The monoisotopic (exact) mass is 723 g/mol. The maximum atomic E-state index is 14.3. The van der Waals surface area contributed by atoms with E-state index in [1.54, 1.807) is 43.3 Å². The number of ketones is 3. The number of fused-ring (bicyclic) bond motifs is 5. The first-order valence-corrected chi connectivity index (χ1v) is 17.5. The third-order valence-corrected chi connectivity index (χ3v) is 9.86. The molecule has 4 aromatic carbocycles. The van der Waals surface area contributed by atoms with E-state index in [0.717, 1.165) is 11.1 Å². The Balaban J connectivity index is 1.48. The number of aromatic hydroxyl groups is 2. The van der Waals surface area contributed by atoms with Gasteiger partial charge in [-0.25, -0.2) is 0 Å². The number of benzene rings is 4. The quantitative estimate of drug-likeness (QED) is 0.152. The lowest BCUT2D eigenvalue weighted by molar-refractivity contribution is -0.142. The first-order valence-electron chi connectivity index (χ1n) is 17.1. The van der Waals surface area contributed by atoms with Gasteiger partial charge in [0.2, 0.25) is 11.8 Å². The summed E-state index contributed by atoms with van der Waals surface area (Å²) < 4.78 is 0. The van der Waals surface area contributed by atoms with Gasteiger partial charge in [-0.1, -0.05) is 67.1 Å². The molecular formula is C41H42ClN3O7. The second kappa shape index (κ2) is 16.4. The Labute approximate surface area is 307 Å².